The van der Waals surface area contributed by atoms with Crippen LogP contribution in [-0.4, -0.2) is 28.7 Å². The quantitative estimate of drug-likeness (QED) is 0.889. The third-order valence-corrected chi connectivity index (χ3v) is 4.41. The number of amides is 1. The molecular formula is C15H18N4OS. The van der Waals surface area contributed by atoms with E-state index in [2.05, 4.69) is 39.9 Å². The zero-order valence-electron chi connectivity index (χ0n) is 11.9. The molecule has 1 aromatic carbocycles. The minimum atomic E-state index is -0.130. The topological polar surface area (TPSA) is 66.9 Å². The van der Waals surface area contributed by atoms with Gasteiger partial charge in [-0.2, -0.15) is 0 Å². The van der Waals surface area contributed by atoms with E-state index in [4.69, 9.17) is 0 Å². The van der Waals surface area contributed by atoms with Gasteiger partial charge in [-0.25, -0.2) is 0 Å². The van der Waals surface area contributed by atoms with Crippen LogP contribution in [0.15, 0.2) is 24.3 Å². The zero-order chi connectivity index (χ0) is 14.7. The third kappa shape index (κ3) is 3.21. The summed E-state index contributed by atoms with van der Waals surface area (Å²) in [5.41, 5.74) is 2.65. The number of rotatable bonds is 5. The van der Waals surface area contributed by atoms with E-state index in [0.29, 0.717) is 10.1 Å². The second-order valence-electron chi connectivity index (χ2n) is 5.19. The molecule has 5 nitrogen and oxygen atoms in total. The molecule has 0 saturated carbocycles. The first-order valence-corrected chi connectivity index (χ1v) is 8.03. The minimum Gasteiger partial charge on any atom is -0.360 e. The number of benzene rings is 1. The number of carbonyl (C=O) groups is 1. The van der Waals surface area contributed by atoms with Crippen LogP contribution in [0.5, 0.6) is 0 Å². The second-order valence-corrected chi connectivity index (χ2v) is 6.16. The van der Waals surface area contributed by atoms with E-state index in [0.717, 1.165) is 25.8 Å². The lowest BCUT2D eigenvalue weighted by Crippen LogP contribution is -2.35. The number of hydrogen-bond acceptors (Lipinski definition) is 5. The van der Waals surface area contributed by atoms with Crippen molar-refractivity contribution in [2.75, 3.05) is 11.9 Å². The van der Waals surface area contributed by atoms with Gasteiger partial charge in [-0.05, 0) is 30.4 Å². The summed E-state index contributed by atoms with van der Waals surface area (Å²) in [6.07, 6.45) is 2.80. The smallest absolute Gasteiger partial charge is 0.282 e. The van der Waals surface area contributed by atoms with Crippen molar-refractivity contribution in [1.29, 1.82) is 0 Å². The molecule has 0 saturated heterocycles. The van der Waals surface area contributed by atoms with Gasteiger partial charge in [0.25, 0.3) is 5.91 Å². The van der Waals surface area contributed by atoms with Crippen LogP contribution in [0.2, 0.25) is 0 Å². The van der Waals surface area contributed by atoms with E-state index in [9.17, 15) is 4.79 Å². The normalized spacial score (nSPS) is 14.0. The summed E-state index contributed by atoms with van der Waals surface area (Å²) in [5.74, 6) is -0.130. The number of nitrogens with zero attached hydrogens (tertiary/aromatic N) is 2. The van der Waals surface area contributed by atoms with Crippen molar-refractivity contribution < 1.29 is 4.79 Å². The van der Waals surface area contributed by atoms with E-state index >= 15 is 0 Å². The van der Waals surface area contributed by atoms with Crippen LogP contribution in [-0.2, 0) is 12.8 Å². The highest BCUT2D eigenvalue weighted by atomic mass is 32.1. The van der Waals surface area contributed by atoms with Gasteiger partial charge in [0.2, 0.25) is 10.1 Å². The van der Waals surface area contributed by atoms with Crippen molar-refractivity contribution >= 4 is 22.4 Å². The van der Waals surface area contributed by atoms with Crippen LogP contribution in [0, 0.1) is 0 Å². The summed E-state index contributed by atoms with van der Waals surface area (Å²) in [4.78, 5) is 12.2. The molecule has 1 amide bonds. The van der Waals surface area contributed by atoms with Crippen LogP contribution < -0.4 is 10.6 Å². The Morgan fingerprint density at radius 3 is 2.67 bits per heavy atom. The molecule has 1 aliphatic carbocycles. The molecule has 0 radical (unpaired) electrons. The third-order valence-electron chi connectivity index (χ3n) is 3.53. The Kier molecular flexibility index (Phi) is 4.15. The molecule has 0 atom stereocenters. The molecule has 1 aliphatic rings. The van der Waals surface area contributed by atoms with Gasteiger partial charge >= 0.3 is 0 Å². The van der Waals surface area contributed by atoms with Gasteiger partial charge < -0.3 is 10.6 Å². The first-order chi connectivity index (χ1) is 10.3. The second kappa shape index (κ2) is 6.22. The van der Waals surface area contributed by atoms with Gasteiger partial charge in [-0.15, -0.1) is 10.2 Å². The van der Waals surface area contributed by atoms with Gasteiger partial charge in [0.15, 0.2) is 0 Å². The number of carbonyl (C=O) groups excluding carboxylic acids is 1. The molecule has 1 heterocycles. The number of hydrogen-bond donors (Lipinski definition) is 2. The van der Waals surface area contributed by atoms with Crippen molar-refractivity contribution in [3.63, 3.8) is 0 Å². The molecular weight excluding hydrogens is 284 g/mol. The molecule has 0 fully saturated rings. The number of fused-ring (bicyclic) bond motifs is 1. The molecule has 2 N–H and O–H groups in total. The largest absolute Gasteiger partial charge is 0.360 e. The lowest BCUT2D eigenvalue weighted by Gasteiger charge is -2.09. The molecule has 3 rings (SSSR count). The lowest BCUT2D eigenvalue weighted by atomic mass is 10.1. The summed E-state index contributed by atoms with van der Waals surface area (Å²) in [7, 11) is 0. The van der Waals surface area contributed by atoms with Crippen LogP contribution in [0.4, 0.5) is 5.13 Å². The maximum Gasteiger partial charge on any atom is 0.282 e. The Morgan fingerprint density at radius 2 is 2.00 bits per heavy atom. The van der Waals surface area contributed by atoms with E-state index < -0.39 is 0 Å². The molecule has 110 valence electrons. The molecule has 0 unspecified atom stereocenters. The maximum absolute atomic E-state index is 12.2. The Hall–Kier alpha value is -1.95. The highest BCUT2D eigenvalue weighted by Crippen LogP contribution is 2.22. The summed E-state index contributed by atoms with van der Waals surface area (Å²) < 4.78 is 0. The van der Waals surface area contributed by atoms with Crippen LogP contribution in [0.1, 0.15) is 34.3 Å². The fourth-order valence-electron chi connectivity index (χ4n) is 2.53. The van der Waals surface area contributed by atoms with Gasteiger partial charge in [-0.3, -0.25) is 4.79 Å². The SMILES string of the molecule is CCCNc1nnc(C(=O)NC2Cc3ccccc3C2)s1. The first kappa shape index (κ1) is 14.0. The average molecular weight is 302 g/mol. The summed E-state index contributed by atoms with van der Waals surface area (Å²) in [6.45, 7) is 2.92. The van der Waals surface area contributed by atoms with Gasteiger partial charge in [0.05, 0.1) is 0 Å². The predicted molar refractivity (Wildman–Crippen MR) is 83.8 cm³/mol. The van der Waals surface area contributed by atoms with Gasteiger partial charge in [-0.1, -0.05) is 42.5 Å². The molecule has 6 heteroatoms. The number of aromatic nitrogens is 2. The van der Waals surface area contributed by atoms with Crippen LogP contribution in [0.3, 0.4) is 0 Å². The monoisotopic (exact) mass is 302 g/mol. The first-order valence-electron chi connectivity index (χ1n) is 7.21. The number of anilines is 1. The Balaban J connectivity index is 1.59. The van der Waals surface area contributed by atoms with E-state index in [1.807, 2.05) is 12.1 Å². The van der Waals surface area contributed by atoms with Crippen LogP contribution in [0.25, 0.3) is 0 Å². The Morgan fingerprint density at radius 1 is 1.29 bits per heavy atom. The fraction of sp³-hybridized carbons (Fsp3) is 0.400. The summed E-state index contributed by atoms with van der Waals surface area (Å²) >= 11 is 1.30. The van der Waals surface area contributed by atoms with Crippen molar-refractivity contribution in [3.8, 4) is 0 Å². The molecule has 0 bridgehead atoms. The standard InChI is InChI=1S/C15H18N4OS/c1-2-7-16-15-19-18-14(21-15)13(20)17-12-8-10-5-3-4-6-11(10)9-12/h3-6,12H,2,7-9H2,1H3,(H,16,19)(H,17,20). The molecule has 1 aromatic heterocycles. The van der Waals surface area contributed by atoms with Gasteiger partial charge in [0, 0.05) is 12.6 Å². The molecule has 0 spiro atoms. The van der Waals surface area contributed by atoms with Crippen LogP contribution >= 0.6 is 11.3 Å². The van der Waals surface area contributed by atoms with E-state index in [-0.39, 0.29) is 11.9 Å². The highest BCUT2D eigenvalue weighted by molar-refractivity contribution is 7.17. The fourth-order valence-corrected chi connectivity index (χ4v) is 3.20. The van der Waals surface area contributed by atoms with Crippen molar-refractivity contribution in [1.82, 2.24) is 15.5 Å². The zero-order valence-corrected chi connectivity index (χ0v) is 12.7. The van der Waals surface area contributed by atoms with Crippen molar-refractivity contribution in [2.45, 2.75) is 32.2 Å². The van der Waals surface area contributed by atoms with Crippen molar-refractivity contribution in [3.05, 3.63) is 40.4 Å². The van der Waals surface area contributed by atoms with Crippen molar-refractivity contribution in [2.24, 2.45) is 0 Å². The highest BCUT2D eigenvalue weighted by Gasteiger charge is 2.24. The summed E-state index contributed by atoms with van der Waals surface area (Å²) in [6, 6.07) is 8.49. The average Bonchev–Trinajstić information content (AvgIpc) is 3.11. The Labute approximate surface area is 127 Å². The maximum atomic E-state index is 12.2. The molecule has 21 heavy (non-hydrogen) atoms. The summed E-state index contributed by atoms with van der Waals surface area (Å²) in [5, 5.41) is 15.3. The van der Waals surface area contributed by atoms with E-state index in [1.165, 1.54) is 22.5 Å². The predicted octanol–water partition coefficient (Wildman–Crippen LogP) is 2.26. The molecule has 2 aromatic rings. The number of nitrogens with one attached hydrogen (secondary N) is 2. The van der Waals surface area contributed by atoms with E-state index in [1.54, 1.807) is 0 Å². The van der Waals surface area contributed by atoms with Gasteiger partial charge in [0.1, 0.15) is 0 Å². The minimum absolute atomic E-state index is 0.130. The lowest BCUT2D eigenvalue weighted by molar-refractivity contribution is 0.0937. The molecule has 0 aliphatic heterocycles. The Bertz CT molecular complexity index is 615.